The van der Waals surface area contributed by atoms with Gasteiger partial charge in [0.1, 0.15) is 12.1 Å². The van der Waals surface area contributed by atoms with Crippen LogP contribution >= 0.6 is 0 Å². The molecule has 0 amide bonds. The summed E-state index contributed by atoms with van der Waals surface area (Å²) < 4.78 is 5.62. The minimum Gasteiger partial charge on any atom is -0.461 e. The lowest BCUT2D eigenvalue weighted by atomic mass is 10.0. The summed E-state index contributed by atoms with van der Waals surface area (Å²) in [6, 6.07) is -0.0525. The van der Waals surface area contributed by atoms with Crippen molar-refractivity contribution >= 4 is 5.97 Å². The molecule has 0 bridgehead atoms. The first-order valence-corrected chi connectivity index (χ1v) is 6.71. The standard InChI is InChI=1S/C13H23NO2/c1-10-8-9-14-12(10)13(15)16-11-6-4-2-3-5-7-11/h10-12,14H,2-9H2,1H3. The molecule has 1 heterocycles. The molecule has 2 rings (SSSR count). The summed E-state index contributed by atoms with van der Waals surface area (Å²) in [6.07, 6.45) is 8.42. The molecule has 1 saturated carbocycles. The van der Waals surface area contributed by atoms with E-state index in [-0.39, 0.29) is 18.1 Å². The van der Waals surface area contributed by atoms with Gasteiger partial charge in [-0.1, -0.05) is 19.8 Å². The van der Waals surface area contributed by atoms with Crippen LogP contribution in [0, 0.1) is 5.92 Å². The average molecular weight is 225 g/mol. The molecule has 16 heavy (non-hydrogen) atoms. The van der Waals surface area contributed by atoms with Crippen molar-refractivity contribution in [1.29, 1.82) is 0 Å². The zero-order chi connectivity index (χ0) is 11.4. The van der Waals surface area contributed by atoms with E-state index >= 15 is 0 Å². The lowest BCUT2D eigenvalue weighted by Crippen LogP contribution is -2.38. The van der Waals surface area contributed by atoms with Gasteiger partial charge in [0.25, 0.3) is 0 Å². The Hall–Kier alpha value is -0.570. The Balaban J connectivity index is 1.81. The van der Waals surface area contributed by atoms with E-state index in [1.807, 2.05) is 0 Å². The normalized spacial score (nSPS) is 32.3. The molecule has 2 fully saturated rings. The summed E-state index contributed by atoms with van der Waals surface area (Å²) in [7, 11) is 0. The number of carbonyl (C=O) groups is 1. The Labute approximate surface area is 97.9 Å². The Morgan fingerprint density at radius 3 is 2.38 bits per heavy atom. The second-order valence-corrected chi connectivity index (χ2v) is 5.25. The molecule has 1 aliphatic carbocycles. The van der Waals surface area contributed by atoms with Gasteiger partial charge in [-0.15, -0.1) is 0 Å². The van der Waals surface area contributed by atoms with Crippen molar-refractivity contribution in [2.75, 3.05) is 6.54 Å². The van der Waals surface area contributed by atoms with Crippen LogP contribution in [0.2, 0.25) is 0 Å². The monoisotopic (exact) mass is 225 g/mol. The van der Waals surface area contributed by atoms with Gasteiger partial charge in [0, 0.05) is 0 Å². The SMILES string of the molecule is CC1CCNC1C(=O)OC1CCCCCC1. The Kier molecular flexibility index (Phi) is 4.22. The van der Waals surface area contributed by atoms with Crippen molar-refractivity contribution in [2.24, 2.45) is 5.92 Å². The van der Waals surface area contributed by atoms with Gasteiger partial charge >= 0.3 is 5.97 Å². The van der Waals surface area contributed by atoms with Crippen molar-refractivity contribution < 1.29 is 9.53 Å². The van der Waals surface area contributed by atoms with Crippen LogP contribution in [0.4, 0.5) is 0 Å². The van der Waals surface area contributed by atoms with Gasteiger partial charge in [0.15, 0.2) is 0 Å². The fourth-order valence-electron chi connectivity index (χ4n) is 2.75. The molecule has 3 heteroatoms. The van der Waals surface area contributed by atoms with Crippen LogP contribution in [0.5, 0.6) is 0 Å². The maximum atomic E-state index is 12.0. The minimum absolute atomic E-state index is 0.0168. The summed E-state index contributed by atoms with van der Waals surface area (Å²) in [5.41, 5.74) is 0. The first kappa shape index (κ1) is 11.9. The van der Waals surface area contributed by atoms with Gasteiger partial charge < -0.3 is 10.1 Å². The van der Waals surface area contributed by atoms with Crippen LogP contribution in [-0.2, 0) is 9.53 Å². The fourth-order valence-corrected chi connectivity index (χ4v) is 2.75. The summed E-state index contributed by atoms with van der Waals surface area (Å²) in [5.74, 6) is 0.412. The third-order valence-corrected chi connectivity index (χ3v) is 3.87. The molecule has 0 radical (unpaired) electrons. The van der Waals surface area contributed by atoms with Gasteiger partial charge in [0.05, 0.1) is 0 Å². The molecule has 3 nitrogen and oxygen atoms in total. The average Bonchev–Trinajstić information content (AvgIpc) is 2.53. The molecule has 0 aromatic heterocycles. The highest BCUT2D eigenvalue weighted by atomic mass is 16.5. The second-order valence-electron chi connectivity index (χ2n) is 5.25. The summed E-state index contributed by atoms with van der Waals surface area (Å²) >= 11 is 0. The predicted octanol–water partition coefficient (Wildman–Crippen LogP) is 2.25. The molecule has 2 aliphatic rings. The number of rotatable bonds is 2. The number of hydrogen-bond donors (Lipinski definition) is 1. The number of carbonyl (C=O) groups excluding carboxylic acids is 1. The van der Waals surface area contributed by atoms with Crippen LogP contribution < -0.4 is 5.32 Å². The highest BCUT2D eigenvalue weighted by molar-refractivity contribution is 5.76. The predicted molar refractivity (Wildman–Crippen MR) is 63.2 cm³/mol. The first-order valence-electron chi connectivity index (χ1n) is 6.71. The quantitative estimate of drug-likeness (QED) is 0.578. The highest BCUT2D eigenvalue weighted by Gasteiger charge is 2.32. The van der Waals surface area contributed by atoms with Crippen LogP contribution in [0.3, 0.4) is 0 Å². The molecule has 0 aromatic carbocycles. The van der Waals surface area contributed by atoms with Gasteiger partial charge in [-0.2, -0.15) is 0 Å². The molecule has 0 aromatic rings. The van der Waals surface area contributed by atoms with Crippen molar-refractivity contribution in [2.45, 2.75) is 64.0 Å². The van der Waals surface area contributed by atoms with Gasteiger partial charge in [0.2, 0.25) is 0 Å². The Bertz CT molecular complexity index is 234. The molecule has 1 N–H and O–H groups in total. The molecule has 2 atom stereocenters. The molecular weight excluding hydrogens is 202 g/mol. The minimum atomic E-state index is -0.0525. The number of esters is 1. The van der Waals surface area contributed by atoms with E-state index in [1.165, 1.54) is 25.7 Å². The van der Waals surface area contributed by atoms with Gasteiger partial charge in [-0.05, 0) is 44.6 Å². The fraction of sp³-hybridized carbons (Fsp3) is 0.923. The maximum absolute atomic E-state index is 12.0. The van der Waals surface area contributed by atoms with Crippen LogP contribution in [0.25, 0.3) is 0 Å². The maximum Gasteiger partial charge on any atom is 0.323 e. The Morgan fingerprint density at radius 1 is 1.12 bits per heavy atom. The van der Waals surface area contributed by atoms with E-state index in [9.17, 15) is 4.79 Å². The van der Waals surface area contributed by atoms with E-state index in [0.717, 1.165) is 25.8 Å². The smallest absolute Gasteiger partial charge is 0.323 e. The Morgan fingerprint density at radius 2 is 1.81 bits per heavy atom. The van der Waals surface area contributed by atoms with Crippen molar-refractivity contribution in [3.8, 4) is 0 Å². The van der Waals surface area contributed by atoms with Crippen LogP contribution in [-0.4, -0.2) is 24.7 Å². The van der Waals surface area contributed by atoms with E-state index in [1.54, 1.807) is 0 Å². The topological polar surface area (TPSA) is 38.3 Å². The number of ether oxygens (including phenoxy) is 1. The number of nitrogens with one attached hydrogen (secondary N) is 1. The molecule has 1 saturated heterocycles. The second kappa shape index (κ2) is 5.67. The van der Waals surface area contributed by atoms with Crippen molar-refractivity contribution in [3.05, 3.63) is 0 Å². The zero-order valence-electron chi connectivity index (χ0n) is 10.2. The van der Waals surface area contributed by atoms with Crippen LogP contribution in [0.15, 0.2) is 0 Å². The van der Waals surface area contributed by atoms with E-state index in [2.05, 4.69) is 12.2 Å². The van der Waals surface area contributed by atoms with Crippen LogP contribution in [0.1, 0.15) is 51.9 Å². The third kappa shape index (κ3) is 2.97. The highest BCUT2D eigenvalue weighted by Crippen LogP contribution is 2.22. The lowest BCUT2D eigenvalue weighted by molar-refractivity contribution is -0.152. The summed E-state index contributed by atoms with van der Waals surface area (Å²) in [6.45, 7) is 3.07. The molecule has 92 valence electrons. The first-order chi connectivity index (χ1) is 7.77. The molecule has 1 aliphatic heterocycles. The largest absolute Gasteiger partial charge is 0.461 e. The molecule has 0 spiro atoms. The van der Waals surface area contributed by atoms with Gasteiger partial charge in [-0.3, -0.25) is 4.79 Å². The number of hydrogen-bond acceptors (Lipinski definition) is 3. The van der Waals surface area contributed by atoms with Gasteiger partial charge in [-0.25, -0.2) is 0 Å². The van der Waals surface area contributed by atoms with Crippen molar-refractivity contribution in [3.63, 3.8) is 0 Å². The van der Waals surface area contributed by atoms with E-state index < -0.39 is 0 Å². The van der Waals surface area contributed by atoms with Crippen molar-refractivity contribution in [1.82, 2.24) is 5.32 Å². The zero-order valence-corrected chi connectivity index (χ0v) is 10.2. The third-order valence-electron chi connectivity index (χ3n) is 3.87. The van der Waals surface area contributed by atoms with E-state index in [4.69, 9.17) is 4.74 Å². The van der Waals surface area contributed by atoms with E-state index in [0.29, 0.717) is 5.92 Å². The summed E-state index contributed by atoms with van der Waals surface area (Å²) in [5, 5.41) is 3.24. The lowest BCUT2D eigenvalue weighted by Gasteiger charge is -2.20. The summed E-state index contributed by atoms with van der Waals surface area (Å²) in [4.78, 5) is 12.0. The molecule has 2 unspecified atom stereocenters. The molecular formula is C13H23NO2.